The molecule has 0 aromatic heterocycles. The molecule has 0 unspecified atom stereocenters. The summed E-state index contributed by atoms with van der Waals surface area (Å²) in [4.78, 5) is 11.1. The summed E-state index contributed by atoms with van der Waals surface area (Å²) in [5.41, 5.74) is 0.220. The number of amides is 1. The summed E-state index contributed by atoms with van der Waals surface area (Å²) in [5, 5.41) is 9.34. The van der Waals surface area contributed by atoms with Gasteiger partial charge in [0.25, 0.3) is 15.9 Å². The minimum atomic E-state index is -3.55. The Kier molecular flexibility index (Phi) is 3.96. The Morgan fingerprint density at radius 1 is 1.00 bits per heavy atom. The van der Waals surface area contributed by atoms with Gasteiger partial charge >= 0.3 is 0 Å². The number of carbonyl (C=O) groups excluding carboxylic acids is 1. The van der Waals surface area contributed by atoms with Gasteiger partial charge in [-0.3, -0.25) is 4.79 Å². The van der Waals surface area contributed by atoms with Crippen molar-refractivity contribution in [3.8, 4) is 5.75 Å². The lowest BCUT2D eigenvalue weighted by molar-refractivity contribution is 0.0985. The molecule has 2 aromatic rings. The average Bonchev–Trinajstić information content (AvgIpc) is 2.65. The summed E-state index contributed by atoms with van der Waals surface area (Å²) in [6.07, 6.45) is 0. The first kappa shape index (κ1) is 14.4. The van der Waals surface area contributed by atoms with E-state index in [1.165, 1.54) is 12.1 Å². The van der Waals surface area contributed by atoms with Gasteiger partial charge < -0.3 is 5.11 Å². The molecule has 7 heteroatoms. The van der Waals surface area contributed by atoms with Crippen molar-refractivity contribution in [3.05, 3.63) is 59.1 Å². The third kappa shape index (κ3) is 3.09. The Hall–Kier alpha value is -2.05. The smallest absolute Gasteiger partial charge is 0.266 e. The first-order valence-corrected chi connectivity index (χ1v) is 7.37. The number of hydrogen-bond acceptors (Lipinski definition) is 4. The number of aromatic hydroxyl groups is 1. The van der Waals surface area contributed by atoms with Crippen LogP contribution in [0.4, 0.5) is 0 Å². The van der Waals surface area contributed by atoms with Gasteiger partial charge in [-0.1, -0.05) is 23.7 Å². The largest absolute Gasteiger partial charge is 0.508 e. The normalized spacial score (nSPS) is 14.8. The van der Waals surface area contributed by atoms with Gasteiger partial charge in [0.2, 0.25) is 0 Å². The molecule has 3 rings (SSSR count). The van der Waals surface area contributed by atoms with Crippen molar-refractivity contribution >= 4 is 27.5 Å². The SMILES string of the molecule is O=C1NS(=O)(=O)c2ccccc21.Oc1ccc(Cl)cc1. The number of fused-ring (bicyclic) bond motifs is 1. The third-order valence-electron chi connectivity index (χ3n) is 2.47. The van der Waals surface area contributed by atoms with Gasteiger partial charge in [-0.15, -0.1) is 0 Å². The molecular formula is C13H10ClNO4S. The molecule has 1 aliphatic heterocycles. The van der Waals surface area contributed by atoms with Crippen LogP contribution < -0.4 is 4.72 Å². The Labute approximate surface area is 120 Å². The van der Waals surface area contributed by atoms with Crippen LogP contribution in [-0.2, 0) is 10.0 Å². The van der Waals surface area contributed by atoms with Gasteiger partial charge in [-0.25, -0.2) is 13.1 Å². The van der Waals surface area contributed by atoms with Crippen LogP contribution in [0.15, 0.2) is 53.4 Å². The highest BCUT2D eigenvalue weighted by atomic mass is 35.5. The fourth-order valence-electron chi connectivity index (χ4n) is 1.56. The van der Waals surface area contributed by atoms with E-state index in [-0.39, 0.29) is 16.2 Å². The molecule has 5 nitrogen and oxygen atoms in total. The molecule has 0 saturated heterocycles. The second-order valence-electron chi connectivity index (χ2n) is 3.91. The maximum absolute atomic E-state index is 11.1. The van der Waals surface area contributed by atoms with Gasteiger partial charge in [0.15, 0.2) is 0 Å². The van der Waals surface area contributed by atoms with Crippen molar-refractivity contribution in [1.82, 2.24) is 4.72 Å². The van der Waals surface area contributed by atoms with Crippen LogP contribution in [0.1, 0.15) is 10.4 Å². The molecule has 0 atom stereocenters. The second kappa shape index (κ2) is 5.52. The molecule has 0 bridgehead atoms. The predicted molar refractivity (Wildman–Crippen MR) is 74.2 cm³/mol. The van der Waals surface area contributed by atoms with Gasteiger partial charge in [0.1, 0.15) is 10.6 Å². The van der Waals surface area contributed by atoms with E-state index in [1.807, 2.05) is 4.72 Å². The van der Waals surface area contributed by atoms with Crippen LogP contribution in [0, 0.1) is 0 Å². The molecular weight excluding hydrogens is 302 g/mol. The zero-order chi connectivity index (χ0) is 14.8. The average molecular weight is 312 g/mol. The van der Waals surface area contributed by atoms with Gasteiger partial charge in [-0.2, -0.15) is 0 Å². The van der Waals surface area contributed by atoms with Crippen LogP contribution in [0.25, 0.3) is 0 Å². The molecule has 104 valence electrons. The molecule has 0 fully saturated rings. The number of hydrogen-bond donors (Lipinski definition) is 2. The summed E-state index contributed by atoms with van der Waals surface area (Å²) < 4.78 is 24.2. The number of carbonyl (C=O) groups is 1. The van der Waals surface area contributed by atoms with Crippen LogP contribution in [0.2, 0.25) is 5.02 Å². The van der Waals surface area contributed by atoms with Crippen molar-refractivity contribution in [2.75, 3.05) is 0 Å². The molecule has 1 heterocycles. The zero-order valence-electron chi connectivity index (χ0n) is 10.1. The van der Waals surface area contributed by atoms with E-state index in [4.69, 9.17) is 16.7 Å². The molecule has 0 saturated carbocycles. The van der Waals surface area contributed by atoms with E-state index in [2.05, 4.69) is 0 Å². The highest BCUT2D eigenvalue weighted by molar-refractivity contribution is 7.90. The number of phenolic OH excluding ortho intramolecular Hbond substituents is 1. The van der Waals surface area contributed by atoms with Gasteiger partial charge in [-0.05, 0) is 36.4 Å². The van der Waals surface area contributed by atoms with Crippen LogP contribution in [-0.4, -0.2) is 19.4 Å². The summed E-state index contributed by atoms with van der Waals surface area (Å²) in [6.45, 7) is 0. The van der Waals surface area contributed by atoms with E-state index < -0.39 is 15.9 Å². The lowest BCUT2D eigenvalue weighted by Crippen LogP contribution is -2.20. The monoisotopic (exact) mass is 311 g/mol. The predicted octanol–water partition coefficient (Wildman–Crippen LogP) is 2.16. The summed E-state index contributed by atoms with van der Waals surface area (Å²) in [5.74, 6) is -0.306. The van der Waals surface area contributed by atoms with Crippen LogP contribution >= 0.6 is 11.6 Å². The Morgan fingerprint density at radius 2 is 1.60 bits per heavy atom. The highest BCUT2D eigenvalue weighted by Gasteiger charge is 2.31. The topological polar surface area (TPSA) is 83.5 Å². The molecule has 20 heavy (non-hydrogen) atoms. The Balaban J connectivity index is 0.000000160. The number of phenols is 1. The fourth-order valence-corrected chi connectivity index (χ4v) is 2.86. The van der Waals surface area contributed by atoms with Crippen LogP contribution in [0.5, 0.6) is 5.75 Å². The number of halogens is 1. The molecule has 1 amide bonds. The lowest BCUT2D eigenvalue weighted by atomic mass is 10.2. The quantitative estimate of drug-likeness (QED) is 0.781. The molecule has 2 aromatic carbocycles. The highest BCUT2D eigenvalue weighted by Crippen LogP contribution is 2.20. The molecule has 0 aliphatic carbocycles. The van der Waals surface area contributed by atoms with E-state index in [0.29, 0.717) is 5.02 Å². The number of nitrogens with one attached hydrogen (secondary N) is 1. The molecule has 1 aliphatic rings. The zero-order valence-corrected chi connectivity index (χ0v) is 11.6. The van der Waals surface area contributed by atoms with Gasteiger partial charge in [0, 0.05) is 5.02 Å². The Morgan fingerprint density at radius 3 is 2.15 bits per heavy atom. The van der Waals surface area contributed by atoms with Crippen molar-refractivity contribution < 1.29 is 18.3 Å². The maximum atomic E-state index is 11.1. The number of rotatable bonds is 0. The fraction of sp³-hybridized carbons (Fsp3) is 0. The van der Waals surface area contributed by atoms with E-state index in [9.17, 15) is 13.2 Å². The van der Waals surface area contributed by atoms with Crippen molar-refractivity contribution in [2.45, 2.75) is 4.90 Å². The second-order valence-corrected chi connectivity index (χ2v) is 5.99. The molecule has 0 radical (unpaired) electrons. The lowest BCUT2D eigenvalue weighted by Gasteiger charge is -1.91. The van der Waals surface area contributed by atoms with E-state index in [0.717, 1.165) is 0 Å². The third-order valence-corrected chi connectivity index (χ3v) is 4.12. The van der Waals surface area contributed by atoms with Crippen molar-refractivity contribution in [2.24, 2.45) is 0 Å². The Bertz CT molecular complexity index is 720. The first-order chi connectivity index (χ1) is 9.40. The van der Waals surface area contributed by atoms with E-state index in [1.54, 1.807) is 36.4 Å². The minimum absolute atomic E-state index is 0.0648. The summed E-state index contributed by atoms with van der Waals surface area (Å²) >= 11 is 5.50. The van der Waals surface area contributed by atoms with E-state index >= 15 is 0 Å². The number of benzene rings is 2. The minimum Gasteiger partial charge on any atom is -0.508 e. The first-order valence-electron chi connectivity index (χ1n) is 5.51. The number of sulfonamides is 1. The van der Waals surface area contributed by atoms with Gasteiger partial charge in [0.05, 0.1) is 5.56 Å². The van der Waals surface area contributed by atoms with Crippen LogP contribution in [0.3, 0.4) is 0 Å². The molecule has 2 N–H and O–H groups in total. The standard InChI is InChI=1S/C7H5NO3S.C6H5ClO/c9-7-5-3-1-2-4-6(5)12(10,11)8-7;7-5-1-3-6(8)4-2-5/h1-4H,(H,8,9);1-4,8H. The van der Waals surface area contributed by atoms with Crippen molar-refractivity contribution in [3.63, 3.8) is 0 Å². The summed E-state index contributed by atoms with van der Waals surface area (Å²) in [6, 6.07) is 12.5. The summed E-state index contributed by atoms with van der Waals surface area (Å²) in [7, 11) is -3.55. The molecule has 0 spiro atoms. The maximum Gasteiger partial charge on any atom is 0.266 e. The van der Waals surface area contributed by atoms with Crippen molar-refractivity contribution in [1.29, 1.82) is 0 Å².